The van der Waals surface area contributed by atoms with Gasteiger partial charge >= 0.3 is 0 Å². The van der Waals surface area contributed by atoms with E-state index in [-0.39, 0.29) is 12.4 Å². The quantitative estimate of drug-likeness (QED) is 0.142. The average molecular weight is 478 g/mol. The third-order valence-electron chi connectivity index (χ3n) is 6.22. The lowest BCUT2D eigenvalue weighted by Crippen LogP contribution is -2.45. The Balaban J connectivity index is 2.16. The van der Waals surface area contributed by atoms with Crippen molar-refractivity contribution in [2.24, 2.45) is 0 Å². The fraction of sp³-hybridized carbons (Fsp3) is 0.679. The fourth-order valence-electron chi connectivity index (χ4n) is 4.04. The van der Waals surface area contributed by atoms with Gasteiger partial charge in [-0.1, -0.05) is 96.5 Å². The summed E-state index contributed by atoms with van der Waals surface area (Å²) >= 11 is 0. The topological polar surface area (TPSA) is 99.0 Å². The van der Waals surface area contributed by atoms with Crippen molar-refractivity contribution in [2.45, 2.75) is 109 Å². The molecule has 6 heteroatoms. The molecule has 1 rings (SSSR count). The summed E-state index contributed by atoms with van der Waals surface area (Å²) in [6, 6.07) is 4.08. The van der Waals surface area contributed by atoms with Crippen LogP contribution in [0, 0.1) is 0 Å². The second kappa shape index (κ2) is 19.3. The first kappa shape index (κ1) is 30.0. The van der Waals surface area contributed by atoms with Crippen LogP contribution in [0.1, 0.15) is 102 Å². The molecule has 0 aliphatic carbocycles. The number of carbonyl (C=O) groups excluding carboxylic acids is 1. The maximum absolute atomic E-state index is 12.2. The lowest BCUT2D eigenvalue weighted by atomic mass is 10.0. The molecule has 0 saturated carbocycles. The Hall–Kier alpha value is -2.05. The van der Waals surface area contributed by atoms with E-state index in [0.717, 1.165) is 19.3 Å². The lowest BCUT2D eigenvalue weighted by molar-refractivity contribution is -0.118. The highest BCUT2D eigenvalue weighted by Crippen LogP contribution is 2.26. The number of rotatable bonds is 20. The summed E-state index contributed by atoms with van der Waals surface area (Å²) in [5.74, 6) is -0.0414. The molecule has 1 aromatic carbocycles. The van der Waals surface area contributed by atoms with E-state index in [4.69, 9.17) is 4.74 Å². The van der Waals surface area contributed by atoms with Crippen molar-refractivity contribution in [1.82, 2.24) is 5.32 Å². The molecule has 0 radical (unpaired) electrons. The van der Waals surface area contributed by atoms with Crippen LogP contribution in [-0.2, 0) is 4.79 Å². The molecule has 194 valence electrons. The molecule has 0 bridgehead atoms. The first-order valence-corrected chi connectivity index (χ1v) is 13.2. The van der Waals surface area contributed by atoms with Gasteiger partial charge in [0, 0.05) is 6.08 Å². The predicted octanol–water partition coefficient (Wildman–Crippen LogP) is 5.73. The van der Waals surface area contributed by atoms with Crippen molar-refractivity contribution >= 4 is 12.0 Å². The van der Waals surface area contributed by atoms with Gasteiger partial charge in [-0.3, -0.25) is 4.79 Å². The van der Waals surface area contributed by atoms with Gasteiger partial charge in [-0.15, -0.1) is 0 Å². The highest BCUT2D eigenvalue weighted by molar-refractivity contribution is 5.92. The zero-order valence-corrected chi connectivity index (χ0v) is 21.3. The third-order valence-corrected chi connectivity index (χ3v) is 6.22. The highest BCUT2D eigenvalue weighted by Gasteiger charge is 2.19. The summed E-state index contributed by atoms with van der Waals surface area (Å²) in [6.45, 7) is 1.94. The molecule has 0 fully saturated rings. The van der Waals surface area contributed by atoms with Crippen LogP contribution < -0.4 is 10.1 Å². The van der Waals surface area contributed by atoms with Crippen LogP contribution >= 0.6 is 0 Å². The molecule has 0 unspecified atom stereocenters. The molecule has 0 aliphatic heterocycles. The van der Waals surface area contributed by atoms with Crippen LogP contribution in [-0.4, -0.2) is 47.1 Å². The van der Waals surface area contributed by atoms with E-state index in [1.165, 1.54) is 83.5 Å². The van der Waals surface area contributed by atoms with E-state index >= 15 is 0 Å². The Morgan fingerprint density at radius 1 is 0.971 bits per heavy atom. The van der Waals surface area contributed by atoms with Gasteiger partial charge in [0.15, 0.2) is 11.5 Å². The maximum atomic E-state index is 12.2. The van der Waals surface area contributed by atoms with Crippen molar-refractivity contribution in [3.05, 3.63) is 29.8 Å². The van der Waals surface area contributed by atoms with Gasteiger partial charge in [0.05, 0.1) is 25.9 Å². The average Bonchev–Trinajstić information content (AvgIpc) is 2.84. The number of unbranched alkanes of at least 4 members (excludes halogenated alkanes) is 12. The Bertz CT molecular complexity index is 691. The number of ether oxygens (including phenoxy) is 1. The monoisotopic (exact) mass is 477 g/mol. The molecule has 34 heavy (non-hydrogen) atoms. The summed E-state index contributed by atoms with van der Waals surface area (Å²) in [5.41, 5.74) is 0.692. The van der Waals surface area contributed by atoms with E-state index in [0.29, 0.717) is 17.7 Å². The van der Waals surface area contributed by atoms with E-state index in [1.807, 2.05) is 0 Å². The van der Waals surface area contributed by atoms with Crippen LogP contribution in [0.2, 0.25) is 0 Å². The second-order valence-electron chi connectivity index (χ2n) is 9.16. The van der Waals surface area contributed by atoms with Gasteiger partial charge < -0.3 is 25.4 Å². The smallest absolute Gasteiger partial charge is 0.244 e. The minimum Gasteiger partial charge on any atom is -0.504 e. The minimum absolute atomic E-state index is 0.0285. The molecule has 4 N–H and O–H groups in total. The molecular weight excluding hydrogens is 430 g/mol. The first-order chi connectivity index (χ1) is 16.5. The lowest BCUT2D eigenvalue weighted by Gasteiger charge is -2.21. The number of aliphatic hydroxyl groups excluding tert-OH is 2. The van der Waals surface area contributed by atoms with E-state index < -0.39 is 18.1 Å². The van der Waals surface area contributed by atoms with Crippen molar-refractivity contribution in [1.29, 1.82) is 0 Å². The summed E-state index contributed by atoms with van der Waals surface area (Å²) < 4.78 is 5.05. The Labute approximate surface area is 206 Å². The van der Waals surface area contributed by atoms with Gasteiger partial charge in [-0.05, 0) is 30.2 Å². The van der Waals surface area contributed by atoms with Gasteiger partial charge in [-0.25, -0.2) is 0 Å². The number of aliphatic hydroxyl groups is 2. The van der Waals surface area contributed by atoms with Crippen LogP contribution in [0.5, 0.6) is 11.5 Å². The number of methoxy groups -OCH3 is 1. The van der Waals surface area contributed by atoms with Crippen molar-refractivity contribution in [3.8, 4) is 11.5 Å². The minimum atomic E-state index is -0.774. The van der Waals surface area contributed by atoms with Crippen LogP contribution in [0.15, 0.2) is 24.3 Å². The fourth-order valence-corrected chi connectivity index (χ4v) is 4.04. The van der Waals surface area contributed by atoms with E-state index in [9.17, 15) is 20.1 Å². The summed E-state index contributed by atoms with van der Waals surface area (Å²) in [5, 5.41) is 32.3. The summed E-state index contributed by atoms with van der Waals surface area (Å²) in [4.78, 5) is 12.2. The van der Waals surface area contributed by atoms with Crippen molar-refractivity contribution < 1.29 is 24.9 Å². The number of aromatic hydroxyl groups is 1. The number of amides is 1. The number of carbonyl (C=O) groups is 1. The zero-order chi connectivity index (χ0) is 25.0. The number of nitrogens with one attached hydrogen (secondary N) is 1. The Kier molecular flexibility index (Phi) is 17.0. The Morgan fingerprint density at radius 2 is 1.53 bits per heavy atom. The molecule has 0 heterocycles. The SMILES string of the molecule is CCCCCCCCCCCCCCC[C@@H](O)[C@H](CO)NC(=O)/C=C/c1ccc(O)c(OC)c1. The summed E-state index contributed by atoms with van der Waals surface area (Å²) in [6.07, 6.45) is 19.2. The second-order valence-corrected chi connectivity index (χ2v) is 9.16. The largest absolute Gasteiger partial charge is 0.504 e. The molecule has 0 aliphatic rings. The van der Waals surface area contributed by atoms with Gasteiger partial charge in [0.1, 0.15) is 0 Å². The molecule has 0 aromatic heterocycles. The van der Waals surface area contributed by atoms with Crippen LogP contribution in [0.4, 0.5) is 0 Å². The van der Waals surface area contributed by atoms with Crippen LogP contribution in [0.25, 0.3) is 6.08 Å². The summed E-state index contributed by atoms with van der Waals surface area (Å²) in [7, 11) is 1.46. The zero-order valence-electron chi connectivity index (χ0n) is 21.3. The molecule has 1 aromatic rings. The normalized spacial score (nSPS) is 13.2. The first-order valence-electron chi connectivity index (χ1n) is 13.2. The highest BCUT2D eigenvalue weighted by atomic mass is 16.5. The number of hydrogen-bond acceptors (Lipinski definition) is 5. The molecule has 1 amide bonds. The number of benzene rings is 1. The van der Waals surface area contributed by atoms with Crippen molar-refractivity contribution in [3.63, 3.8) is 0 Å². The maximum Gasteiger partial charge on any atom is 0.244 e. The predicted molar refractivity (Wildman–Crippen MR) is 139 cm³/mol. The Morgan fingerprint density at radius 3 is 2.06 bits per heavy atom. The van der Waals surface area contributed by atoms with E-state index in [2.05, 4.69) is 12.2 Å². The van der Waals surface area contributed by atoms with Crippen LogP contribution in [0.3, 0.4) is 0 Å². The molecule has 2 atom stereocenters. The molecular formula is C28H47NO5. The van der Waals surface area contributed by atoms with Gasteiger partial charge in [0.2, 0.25) is 5.91 Å². The number of hydrogen-bond donors (Lipinski definition) is 4. The van der Waals surface area contributed by atoms with Crippen molar-refractivity contribution in [2.75, 3.05) is 13.7 Å². The standard InChI is InChI=1S/C28H47NO5/c1-3-4-5-6-7-8-9-10-11-12-13-14-15-16-25(31)24(22-30)29-28(33)20-18-23-17-19-26(32)27(21-23)34-2/h17-21,24-25,30-32H,3-16,22H2,1-2H3,(H,29,33)/b20-18+/t24-,25+/m0/s1. The number of phenolic OH excluding ortho intramolecular Hbond substituents is 1. The van der Waals surface area contributed by atoms with Gasteiger partial charge in [0.25, 0.3) is 0 Å². The molecule has 0 spiro atoms. The number of phenols is 1. The van der Waals surface area contributed by atoms with Gasteiger partial charge in [-0.2, -0.15) is 0 Å². The molecule has 0 saturated heterocycles. The van der Waals surface area contributed by atoms with E-state index in [1.54, 1.807) is 18.2 Å². The third kappa shape index (κ3) is 13.6. The molecule has 6 nitrogen and oxygen atoms in total.